The van der Waals surface area contributed by atoms with Crippen LogP contribution in [-0.4, -0.2) is 31.7 Å². The Balaban J connectivity index is 1.79. The third kappa shape index (κ3) is 1.01. The van der Waals surface area contributed by atoms with Crippen LogP contribution < -0.4 is 0 Å². The summed E-state index contributed by atoms with van der Waals surface area (Å²) in [6.07, 6.45) is 4.04. The Hall–Kier alpha value is -0.380. The normalized spacial score (nSPS) is 56.5. The molecular formula is C12H16O3. The largest absolute Gasteiger partial charge is 0.371 e. The third-order valence-electron chi connectivity index (χ3n) is 4.47. The summed E-state index contributed by atoms with van der Waals surface area (Å²) in [5, 5.41) is 0. The smallest absolute Gasteiger partial charge is 0.161 e. The lowest BCUT2D eigenvalue weighted by Gasteiger charge is -2.42. The molecule has 0 radical (unpaired) electrons. The second-order valence-corrected chi connectivity index (χ2v) is 5.20. The SMILES string of the molecule is C[C@@H]1O[C@H]2OC[C@@H]3CC=C4CO[C@@H]1[C@H]4[C@H]32. The van der Waals surface area contributed by atoms with Crippen molar-refractivity contribution < 1.29 is 14.2 Å². The number of rotatable bonds is 0. The molecular weight excluding hydrogens is 192 g/mol. The van der Waals surface area contributed by atoms with E-state index in [2.05, 4.69) is 13.0 Å². The Labute approximate surface area is 89.4 Å². The molecule has 0 amide bonds. The van der Waals surface area contributed by atoms with Gasteiger partial charge in [0.05, 0.1) is 25.4 Å². The Morgan fingerprint density at radius 1 is 1.33 bits per heavy atom. The van der Waals surface area contributed by atoms with Gasteiger partial charge < -0.3 is 14.2 Å². The minimum absolute atomic E-state index is 0.0386. The number of ether oxygens (including phenoxy) is 3. The van der Waals surface area contributed by atoms with Gasteiger partial charge in [0, 0.05) is 11.8 Å². The van der Waals surface area contributed by atoms with E-state index in [0.717, 1.165) is 19.6 Å². The molecule has 4 rings (SSSR count). The Bertz CT molecular complexity index is 325. The predicted octanol–water partition coefficient (Wildman–Crippen LogP) is 1.34. The standard InChI is InChI=1S/C12H16O3/c1-6-11-9-7(4-13-11)2-3-8-5-14-12(15-6)10(8)9/h2,6,8-12H,3-5H2,1H3/t6-,8-,9+,10-,11-,12+/m0/s1. The first-order chi connectivity index (χ1) is 7.34. The van der Waals surface area contributed by atoms with E-state index < -0.39 is 0 Å². The molecule has 3 heterocycles. The van der Waals surface area contributed by atoms with E-state index in [0.29, 0.717) is 17.8 Å². The maximum absolute atomic E-state index is 5.90. The van der Waals surface area contributed by atoms with Crippen molar-refractivity contribution in [2.75, 3.05) is 13.2 Å². The average molecular weight is 208 g/mol. The summed E-state index contributed by atoms with van der Waals surface area (Å²) in [6.45, 7) is 3.79. The highest BCUT2D eigenvalue weighted by atomic mass is 16.7. The van der Waals surface area contributed by atoms with Gasteiger partial charge in [0.15, 0.2) is 6.29 Å². The maximum Gasteiger partial charge on any atom is 0.161 e. The molecule has 0 aromatic heterocycles. The molecule has 0 spiro atoms. The highest BCUT2D eigenvalue weighted by Gasteiger charge is 2.56. The zero-order valence-corrected chi connectivity index (χ0v) is 8.89. The minimum atomic E-state index is 0.0386. The summed E-state index contributed by atoms with van der Waals surface area (Å²) in [4.78, 5) is 0. The molecule has 3 aliphatic heterocycles. The highest BCUT2D eigenvalue weighted by Crippen LogP contribution is 2.51. The zero-order valence-electron chi connectivity index (χ0n) is 8.89. The van der Waals surface area contributed by atoms with Crippen molar-refractivity contribution in [3.05, 3.63) is 11.6 Å². The van der Waals surface area contributed by atoms with Crippen LogP contribution >= 0.6 is 0 Å². The molecule has 0 aromatic carbocycles. The van der Waals surface area contributed by atoms with Gasteiger partial charge in [-0.05, 0) is 24.8 Å². The quantitative estimate of drug-likeness (QED) is 0.562. The summed E-state index contributed by atoms with van der Waals surface area (Å²) < 4.78 is 17.5. The fourth-order valence-corrected chi connectivity index (χ4v) is 3.76. The van der Waals surface area contributed by atoms with Gasteiger partial charge in [-0.1, -0.05) is 6.08 Å². The molecule has 82 valence electrons. The Morgan fingerprint density at radius 2 is 2.27 bits per heavy atom. The van der Waals surface area contributed by atoms with Crippen LogP contribution in [0.25, 0.3) is 0 Å². The summed E-state index contributed by atoms with van der Waals surface area (Å²) in [7, 11) is 0. The lowest BCUT2D eigenvalue weighted by molar-refractivity contribution is -0.225. The van der Waals surface area contributed by atoms with Gasteiger partial charge >= 0.3 is 0 Å². The molecule has 15 heavy (non-hydrogen) atoms. The zero-order chi connectivity index (χ0) is 9.99. The van der Waals surface area contributed by atoms with Crippen molar-refractivity contribution >= 4 is 0 Å². The first-order valence-electron chi connectivity index (χ1n) is 5.92. The van der Waals surface area contributed by atoms with Crippen molar-refractivity contribution in [2.45, 2.75) is 31.8 Å². The Morgan fingerprint density at radius 3 is 3.20 bits per heavy atom. The van der Waals surface area contributed by atoms with Crippen LogP contribution in [0.5, 0.6) is 0 Å². The lowest BCUT2D eigenvalue weighted by Crippen LogP contribution is -2.49. The van der Waals surface area contributed by atoms with Gasteiger partial charge in [0.1, 0.15) is 0 Å². The second-order valence-electron chi connectivity index (χ2n) is 5.20. The highest BCUT2D eigenvalue weighted by molar-refractivity contribution is 5.22. The van der Waals surface area contributed by atoms with E-state index in [1.165, 1.54) is 5.57 Å². The van der Waals surface area contributed by atoms with Crippen LogP contribution in [0.2, 0.25) is 0 Å². The lowest BCUT2D eigenvalue weighted by atomic mass is 9.70. The van der Waals surface area contributed by atoms with Crippen molar-refractivity contribution in [3.63, 3.8) is 0 Å². The average Bonchev–Trinajstić information content (AvgIpc) is 2.79. The molecule has 6 atom stereocenters. The molecule has 3 fully saturated rings. The van der Waals surface area contributed by atoms with Crippen molar-refractivity contribution in [3.8, 4) is 0 Å². The van der Waals surface area contributed by atoms with Crippen molar-refractivity contribution in [1.29, 1.82) is 0 Å². The monoisotopic (exact) mass is 208 g/mol. The summed E-state index contributed by atoms with van der Waals surface area (Å²) in [5.41, 5.74) is 1.51. The molecule has 3 heteroatoms. The van der Waals surface area contributed by atoms with Crippen LogP contribution in [0.3, 0.4) is 0 Å². The van der Waals surface area contributed by atoms with Crippen LogP contribution in [0, 0.1) is 17.8 Å². The number of allylic oxidation sites excluding steroid dienone is 1. The van der Waals surface area contributed by atoms with Crippen LogP contribution in [0.4, 0.5) is 0 Å². The fourth-order valence-electron chi connectivity index (χ4n) is 3.76. The van der Waals surface area contributed by atoms with Gasteiger partial charge in [-0.2, -0.15) is 0 Å². The molecule has 0 saturated carbocycles. The van der Waals surface area contributed by atoms with Crippen LogP contribution in [0.1, 0.15) is 13.3 Å². The molecule has 0 N–H and O–H groups in total. The molecule has 4 aliphatic rings. The maximum atomic E-state index is 5.90. The van der Waals surface area contributed by atoms with Gasteiger partial charge in [-0.3, -0.25) is 0 Å². The predicted molar refractivity (Wildman–Crippen MR) is 53.2 cm³/mol. The molecule has 3 saturated heterocycles. The summed E-state index contributed by atoms with van der Waals surface area (Å²) in [6, 6.07) is 0. The number of hydrogen-bond donors (Lipinski definition) is 0. The first kappa shape index (κ1) is 8.74. The van der Waals surface area contributed by atoms with E-state index in [4.69, 9.17) is 14.2 Å². The minimum Gasteiger partial charge on any atom is -0.371 e. The molecule has 0 bridgehead atoms. The van der Waals surface area contributed by atoms with E-state index in [-0.39, 0.29) is 18.5 Å². The van der Waals surface area contributed by atoms with Gasteiger partial charge in [0.2, 0.25) is 0 Å². The van der Waals surface area contributed by atoms with Crippen molar-refractivity contribution in [1.82, 2.24) is 0 Å². The van der Waals surface area contributed by atoms with Crippen molar-refractivity contribution in [2.24, 2.45) is 17.8 Å². The second kappa shape index (κ2) is 2.84. The molecule has 0 aromatic rings. The molecule has 0 unspecified atom stereocenters. The van der Waals surface area contributed by atoms with Gasteiger partial charge in [-0.25, -0.2) is 0 Å². The molecule has 3 nitrogen and oxygen atoms in total. The molecule has 1 aliphatic carbocycles. The summed E-state index contributed by atoms with van der Waals surface area (Å²) in [5.74, 6) is 1.81. The van der Waals surface area contributed by atoms with Crippen LogP contribution in [0.15, 0.2) is 11.6 Å². The fraction of sp³-hybridized carbons (Fsp3) is 0.833. The van der Waals surface area contributed by atoms with E-state index in [1.807, 2.05) is 0 Å². The van der Waals surface area contributed by atoms with E-state index in [9.17, 15) is 0 Å². The Kier molecular flexibility index (Phi) is 1.66. The van der Waals surface area contributed by atoms with Gasteiger partial charge in [-0.15, -0.1) is 0 Å². The number of hydrogen-bond acceptors (Lipinski definition) is 3. The van der Waals surface area contributed by atoms with Crippen LogP contribution in [-0.2, 0) is 14.2 Å². The van der Waals surface area contributed by atoms with E-state index >= 15 is 0 Å². The third-order valence-corrected chi connectivity index (χ3v) is 4.47. The van der Waals surface area contributed by atoms with E-state index in [1.54, 1.807) is 0 Å². The van der Waals surface area contributed by atoms with Gasteiger partial charge in [0.25, 0.3) is 0 Å². The topological polar surface area (TPSA) is 27.7 Å². The summed E-state index contributed by atoms with van der Waals surface area (Å²) >= 11 is 0. The first-order valence-corrected chi connectivity index (χ1v) is 5.92.